The smallest absolute Gasteiger partial charge is 0.159 e. The van der Waals surface area contributed by atoms with Gasteiger partial charge in [0.2, 0.25) is 0 Å². The summed E-state index contributed by atoms with van der Waals surface area (Å²) in [4.78, 5) is 11.6. The van der Waals surface area contributed by atoms with E-state index in [9.17, 15) is 13.6 Å². The average Bonchev–Trinajstić information content (AvgIpc) is 2.10. The molecule has 1 nitrogen and oxygen atoms in total. The molecule has 0 aliphatic carbocycles. The Bertz CT molecular complexity index is 378. The van der Waals surface area contributed by atoms with Crippen LogP contribution < -0.4 is 0 Å². The van der Waals surface area contributed by atoms with Gasteiger partial charge in [0.15, 0.2) is 11.6 Å². The first-order valence-electron chi connectivity index (χ1n) is 4.78. The maximum atomic E-state index is 12.8. The third-order valence-corrected chi connectivity index (χ3v) is 2.19. The second-order valence-corrected chi connectivity index (χ2v) is 4.60. The zero-order valence-electron chi connectivity index (χ0n) is 9.10. The van der Waals surface area contributed by atoms with Gasteiger partial charge in [-0.2, -0.15) is 0 Å². The van der Waals surface area contributed by atoms with E-state index in [-0.39, 0.29) is 12.2 Å². The molecule has 1 aromatic carbocycles. The Labute approximate surface area is 88.1 Å². The lowest BCUT2D eigenvalue weighted by atomic mass is 9.87. The molecule has 3 heteroatoms. The number of hydrogen-bond donors (Lipinski definition) is 0. The highest BCUT2D eigenvalue weighted by Gasteiger charge is 2.21. The molecule has 0 N–H and O–H groups in total. The quantitative estimate of drug-likeness (QED) is 0.736. The van der Waals surface area contributed by atoms with E-state index in [1.54, 1.807) is 20.8 Å². The summed E-state index contributed by atoms with van der Waals surface area (Å²) < 4.78 is 25.5. The van der Waals surface area contributed by atoms with Gasteiger partial charge in [-0.15, -0.1) is 0 Å². The summed E-state index contributed by atoms with van der Waals surface area (Å²) in [5.74, 6) is -1.79. The summed E-state index contributed by atoms with van der Waals surface area (Å²) in [7, 11) is 0. The molecule has 0 atom stereocenters. The SMILES string of the molecule is CC(C)(C)C(=O)Cc1ccc(F)c(F)c1. The van der Waals surface area contributed by atoms with Gasteiger partial charge in [0.1, 0.15) is 5.78 Å². The molecular formula is C12H14F2O. The van der Waals surface area contributed by atoms with Crippen LogP contribution in [0.25, 0.3) is 0 Å². The van der Waals surface area contributed by atoms with Crippen molar-refractivity contribution in [3.63, 3.8) is 0 Å². The van der Waals surface area contributed by atoms with Crippen molar-refractivity contribution in [1.82, 2.24) is 0 Å². The van der Waals surface area contributed by atoms with Gasteiger partial charge < -0.3 is 0 Å². The van der Waals surface area contributed by atoms with Crippen molar-refractivity contribution in [2.75, 3.05) is 0 Å². The van der Waals surface area contributed by atoms with E-state index in [1.807, 2.05) is 0 Å². The Morgan fingerprint density at radius 3 is 2.27 bits per heavy atom. The summed E-state index contributed by atoms with van der Waals surface area (Å²) in [6.07, 6.45) is 0.140. The lowest BCUT2D eigenvalue weighted by molar-refractivity contribution is -0.125. The van der Waals surface area contributed by atoms with Crippen molar-refractivity contribution >= 4 is 5.78 Å². The number of hydrogen-bond acceptors (Lipinski definition) is 1. The van der Waals surface area contributed by atoms with Crippen LogP contribution in [0, 0.1) is 17.0 Å². The number of halogens is 2. The predicted octanol–water partition coefficient (Wildman–Crippen LogP) is 3.12. The second-order valence-electron chi connectivity index (χ2n) is 4.60. The van der Waals surface area contributed by atoms with Crippen LogP contribution in [0.4, 0.5) is 8.78 Å². The molecular weight excluding hydrogens is 198 g/mol. The molecule has 0 aliphatic rings. The summed E-state index contributed by atoms with van der Waals surface area (Å²) >= 11 is 0. The van der Waals surface area contributed by atoms with Crippen molar-refractivity contribution in [2.24, 2.45) is 5.41 Å². The Morgan fingerprint density at radius 2 is 1.80 bits per heavy atom. The summed E-state index contributed by atoms with van der Waals surface area (Å²) in [6, 6.07) is 3.54. The third-order valence-electron chi connectivity index (χ3n) is 2.19. The second kappa shape index (κ2) is 4.09. The van der Waals surface area contributed by atoms with E-state index >= 15 is 0 Å². The Kier molecular flexibility index (Phi) is 3.22. The zero-order valence-corrected chi connectivity index (χ0v) is 9.10. The standard InChI is InChI=1S/C12H14F2O/c1-12(2,3)11(15)7-8-4-5-9(13)10(14)6-8/h4-6H,7H2,1-3H3. The van der Waals surface area contributed by atoms with Crippen molar-refractivity contribution < 1.29 is 13.6 Å². The monoisotopic (exact) mass is 212 g/mol. The highest BCUT2D eigenvalue weighted by molar-refractivity contribution is 5.85. The minimum Gasteiger partial charge on any atom is -0.299 e. The number of carbonyl (C=O) groups is 1. The van der Waals surface area contributed by atoms with Gasteiger partial charge in [-0.1, -0.05) is 26.8 Å². The van der Waals surface area contributed by atoms with E-state index < -0.39 is 17.0 Å². The molecule has 0 amide bonds. The fourth-order valence-electron chi connectivity index (χ4n) is 1.10. The van der Waals surface area contributed by atoms with Crippen LogP contribution in [0.2, 0.25) is 0 Å². The first kappa shape index (κ1) is 11.8. The van der Waals surface area contributed by atoms with Gasteiger partial charge in [0.25, 0.3) is 0 Å². The summed E-state index contributed by atoms with van der Waals surface area (Å²) in [5.41, 5.74) is 0.0547. The third kappa shape index (κ3) is 3.11. The Hall–Kier alpha value is -1.25. The molecule has 0 fully saturated rings. The zero-order chi connectivity index (χ0) is 11.6. The molecule has 0 radical (unpaired) electrons. The number of rotatable bonds is 2. The van der Waals surface area contributed by atoms with Crippen LogP contribution in [0.1, 0.15) is 26.3 Å². The van der Waals surface area contributed by atoms with Crippen LogP contribution >= 0.6 is 0 Å². The predicted molar refractivity (Wildman–Crippen MR) is 54.5 cm³/mol. The molecule has 0 unspecified atom stereocenters. The lowest BCUT2D eigenvalue weighted by Gasteiger charge is -2.16. The van der Waals surface area contributed by atoms with Crippen molar-refractivity contribution in [3.8, 4) is 0 Å². The molecule has 0 heterocycles. The Balaban J connectivity index is 2.83. The minimum atomic E-state index is -0.908. The Morgan fingerprint density at radius 1 is 1.20 bits per heavy atom. The number of Topliss-reactive ketones (excluding diaryl/α,β-unsaturated/α-hetero) is 1. The summed E-state index contributed by atoms with van der Waals surface area (Å²) in [6.45, 7) is 5.40. The van der Waals surface area contributed by atoms with E-state index in [1.165, 1.54) is 6.07 Å². The van der Waals surface area contributed by atoms with Gasteiger partial charge in [0, 0.05) is 11.8 Å². The van der Waals surface area contributed by atoms with Crippen LogP contribution in [-0.4, -0.2) is 5.78 Å². The first-order valence-corrected chi connectivity index (χ1v) is 4.78. The van der Waals surface area contributed by atoms with Crippen LogP contribution in [0.3, 0.4) is 0 Å². The molecule has 0 bridgehead atoms. The minimum absolute atomic E-state index is 0.00788. The molecule has 15 heavy (non-hydrogen) atoms. The van der Waals surface area contributed by atoms with Gasteiger partial charge in [-0.3, -0.25) is 4.79 Å². The highest BCUT2D eigenvalue weighted by atomic mass is 19.2. The van der Waals surface area contributed by atoms with Crippen molar-refractivity contribution in [3.05, 3.63) is 35.4 Å². The largest absolute Gasteiger partial charge is 0.299 e. The number of ketones is 1. The fourth-order valence-corrected chi connectivity index (χ4v) is 1.10. The number of benzene rings is 1. The lowest BCUT2D eigenvalue weighted by Crippen LogP contribution is -2.22. The topological polar surface area (TPSA) is 17.1 Å². The van der Waals surface area contributed by atoms with Crippen LogP contribution in [0.15, 0.2) is 18.2 Å². The molecule has 1 rings (SSSR count). The van der Waals surface area contributed by atoms with Crippen LogP contribution in [0.5, 0.6) is 0 Å². The van der Waals surface area contributed by atoms with Gasteiger partial charge in [0.05, 0.1) is 0 Å². The van der Waals surface area contributed by atoms with Gasteiger partial charge in [-0.05, 0) is 17.7 Å². The highest BCUT2D eigenvalue weighted by Crippen LogP contribution is 2.18. The fraction of sp³-hybridized carbons (Fsp3) is 0.417. The van der Waals surface area contributed by atoms with E-state index in [0.717, 1.165) is 12.1 Å². The van der Waals surface area contributed by atoms with Gasteiger partial charge in [-0.25, -0.2) is 8.78 Å². The average molecular weight is 212 g/mol. The number of carbonyl (C=O) groups excluding carboxylic acids is 1. The molecule has 0 saturated carbocycles. The maximum absolute atomic E-state index is 12.8. The van der Waals surface area contributed by atoms with E-state index in [4.69, 9.17) is 0 Å². The molecule has 82 valence electrons. The van der Waals surface area contributed by atoms with Crippen molar-refractivity contribution in [2.45, 2.75) is 27.2 Å². The first-order chi connectivity index (χ1) is 6.80. The molecule has 1 aromatic rings. The molecule has 0 saturated heterocycles. The van der Waals surface area contributed by atoms with E-state index in [2.05, 4.69) is 0 Å². The van der Waals surface area contributed by atoms with E-state index in [0.29, 0.717) is 5.56 Å². The normalized spacial score (nSPS) is 11.5. The van der Waals surface area contributed by atoms with Crippen molar-refractivity contribution in [1.29, 1.82) is 0 Å². The molecule has 0 aliphatic heterocycles. The molecule has 0 aromatic heterocycles. The summed E-state index contributed by atoms with van der Waals surface area (Å²) in [5, 5.41) is 0. The maximum Gasteiger partial charge on any atom is 0.159 e. The van der Waals surface area contributed by atoms with Crippen LogP contribution in [-0.2, 0) is 11.2 Å². The van der Waals surface area contributed by atoms with Gasteiger partial charge >= 0.3 is 0 Å². The molecule has 0 spiro atoms.